The van der Waals surface area contributed by atoms with Gasteiger partial charge in [0.1, 0.15) is 6.04 Å². The van der Waals surface area contributed by atoms with E-state index in [2.05, 4.69) is 11.2 Å². The predicted octanol–water partition coefficient (Wildman–Crippen LogP) is 0.0775. The predicted molar refractivity (Wildman–Crippen MR) is 47.7 cm³/mol. The molecule has 0 saturated carbocycles. The molecule has 0 bridgehead atoms. The second-order valence-corrected chi connectivity index (χ2v) is 2.41. The molecule has 4 heteroatoms. The van der Waals surface area contributed by atoms with Crippen LogP contribution in [0.2, 0.25) is 0 Å². The average Bonchev–Trinajstić information content (AvgIpc) is 2.03. The van der Waals surface area contributed by atoms with E-state index in [9.17, 15) is 9.59 Å². The van der Waals surface area contributed by atoms with Gasteiger partial charge in [-0.3, -0.25) is 4.79 Å². The van der Waals surface area contributed by atoms with E-state index in [4.69, 9.17) is 11.2 Å². The number of nitrogens with one attached hydrogen (secondary N) is 1. The minimum Gasteiger partial charge on any atom is -0.464 e. The lowest BCUT2D eigenvalue weighted by Gasteiger charge is -2.13. The smallest absolute Gasteiger partial charge is 0.329 e. The van der Waals surface area contributed by atoms with Crippen LogP contribution in [-0.4, -0.2) is 24.5 Å². The fraction of sp³-hybridized carbons (Fsp3) is 0.556. The highest BCUT2D eigenvalue weighted by Crippen LogP contribution is 1.94. The molecule has 0 aliphatic carbocycles. The molecule has 0 saturated heterocycles. The molecule has 1 N–H and O–H groups in total. The first kappa shape index (κ1) is 11.5. The van der Waals surface area contributed by atoms with Crippen molar-refractivity contribution in [2.45, 2.75) is 26.3 Å². The quantitative estimate of drug-likeness (QED) is 0.496. The maximum absolute atomic E-state index is 11.1. The highest BCUT2D eigenvalue weighted by atomic mass is 16.5. The molecule has 0 heterocycles. The number of rotatable bonds is 4. The Balaban J connectivity index is 4.16. The Labute approximate surface area is 77.6 Å². The number of esters is 1. The third-order valence-electron chi connectivity index (χ3n) is 1.27. The summed E-state index contributed by atoms with van der Waals surface area (Å²) in [5.41, 5.74) is 0. The van der Waals surface area contributed by atoms with Crippen molar-refractivity contribution >= 4 is 11.9 Å². The van der Waals surface area contributed by atoms with Gasteiger partial charge in [0.2, 0.25) is 5.91 Å². The Morgan fingerprint density at radius 3 is 2.62 bits per heavy atom. The molecule has 1 amide bonds. The third-order valence-corrected chi connectivity index (χ3v) is 1.27. The molecule has 1 atom stereocenters. The first-order valence-corrected chi connectivity index (χ1v) is 3.99. The van der Waals surface area contributed by atoms with E-state index in [-0.39, 0.29) is 18.9 Å². The van der Waals surface area contributed by atoms with E-state index in [1.54, 1.807) is 6.92 Å². The van der Waals surface area contributed by atoms with E-state index in [1.165, 1.54) is 6.92 Å². The summed E-state index contributed by atoms with van der Waals surface area (Å²) in [4.78, 5) is 21.8. The van der Waals surface area contributed by atoms with Crippen LogP contribution in [0.3, 0.4) is 0 Å². The minimum atomic E-state index is -0.720. The van der Waals surface area contributed by atoms with Crippen LogP contribution >= 0.6 is 0 Å². The van der Waals surface area contributed by atoms with Gasteiger partial charge in [0.25, 0.3) is 0 Å². The molecule has 0 aliphatic heterocycles. The molecule has 0 aromatic rings. The molecule has 0 aromatic carbocycles. The number of hydrogen-bond donors (Lipinski definition) is 1. The summed E-state index contributed by atoms with van der Waals surface area (Å²) in [5, 5.41) is 2.41. The Morgan fingerprint density at radius 1 is 1.62 bits per heavy atom. The molecule has 72 valence electrons. The SMILES string of the molecule is C#CC[C@H](NC(C)=O)C(=O)OCC. The standard InChI is InChI=1S/C9H13NO3/c1-4-6-8(10-7(3)11)9(12)13-5-2/h1,8H,5-6H2,2-3H3,(H,10,11)/t8-/m0/s1. The summed E-state index contributed by atoms with van der Waals surface area (Å²) < 4.78 is 4.71. The molecule has 0 aliphatic rings. The topological polar surface area (TPSA) is 55.4 Å². The second-order valence-electron chi connectivity index (χ2n) is 2.41. The van der Waals surface area contributed by atoms with Crippen LogP contribution in [0, 0.1) is 12.3 Å². The fourth-order valence-electron chi connectivity index (χ4n) is 0.799. The van der Waals surface area contributed by atoms with Crippen LogP contribution < -0.4 is 5.32 Å². The van der Waals surface area contributed by atoms with E-state index in [1.807, 2.05) is 0 Å². The largest absolute Gasteiger partial charge is 0.464 e. The van der Waals surface area contributed by atoms with Crippen molar-refractivity contribution in [3.05, 3.63) is 0 Å². The van der Waals surface area contributed by atoms with Gasteiger partial charge in [-0.15, -0.1) is 12.3 Å². The van der Waals surface area contributed by atoms with Crippen molar-refractivity contribution in [3.63, 3.8) is 0 Å². The van der Waals surface area contributed by atoms with Crippen molar-refractivity contribution in [2.24, 2.45) is 0 Å². The van der Waals surface area contributed by atoms with Crippen molar-refractivity contribution in [2.75, 3.05) is 6.61 Å². The number of amides is 1. The van der Waals surface area contributed by atoms with E-state index in [0.717, 1.165) is 0 Å². The molecular weight excluding hydrogens is 170 g/mol. The van der Waals surface area contributed by atoms with Crippen molar-refractivity contribution in [3.8, 4) is 12.3 Å². The lowest BCUT2D eigenvalue weighted by Crippen LogP contribution is -2.40. The number of carbonyl (C=O) groups is 2. The average molecular weight is 183 g/mol. The zero-order valence-electron chi connectivity index (χ0n) is 7.79. The normalized spacial score (nSPS) is 11.2. The first-order valence-electron chi connectivity index (χ1n) is 3.99. The van der Waals surface area contributed by atoms with Gasteiger partial charge in [0.15, 0.2) is 0 Å². The number of carbonyl (C=O) groups excluding carboxylic acids is 2. The zero-order chi connectivity index (χ0) is 10.3. The molecule has 0 rings (SSSR count). The maximum atomic E-state index is 11.1. The maximum Gasteiger partial charge on any atom is 0.329 e. The molecule has 4 nitrogen and oxygen atoms in total. The van der Waals surface area contributed by atoms with Crippen molar-refractivity contribution in [1.82, 2.24) is 5.32 Å². The lowest BCUT2D eigenvalue weighted by molar-refractivity contribution is -0.147. The van der Waals surface area contributed by atoms with Crippen LogP contribution in [-0.2, 0) is 14.3 Å². The molecule has 0 aromatic heterocycles. The van der Waals surface area contributed by atoms with Gasteiger partial charge in [-0.2, -0.15) is 0 Å². The number of hydrogen-bond acceptors (Lipinski definition) is 3. The van der Waals surface area contributed by atoms with Crippen molar-refractivity contribution in [1.29, 1.82) is 0 Å². The van der Waals surface area contributed by atoms with Crippen LogP contribution in [0.1, 0.15) is 20.3 Å². The van der Waals surface area contributed by atoms with Gasteiger partial charge in [0, 0.05) is 13.3 Å². The minimum absolute atomic E-state index is 0.151. The second kappa shape index (κ2) is 6.06. The summed E-state index contributed by atoms with van der Waals surface area (Å²) in [6, 6.07) is -0.720. The summed E-state index contributed by atoms with van der Waals surface area (Å²) in [6.07, 6.45) is 5.18. The van der Waals surface area contributed by atoms with Gasteiger partial charge in [-0.25, -0.2) is 4.79 Å². The molecule has 0 spiro atoms. The van der Waals surface area contributed by atoms with Gasteiger partial charge in [0.05, 0.1) is 6.61 Å². The number of terminal acetylenes is 1. The molecule has 0 radical (unpaired) electrons. The monoisotopic (exact) mass is 183 g/mol. The van der Waals surface area contributed by atoms with E-state index < -0.39 is 12.0 Å². The van der Waals surface area contributed by atoms with Gasteiger partial charge < -0.3 is 10.1 Å². The Hall–Kier alpha value is -1.50. The summed E-state index contributed by atoms with van der Waals surface area (Å²) in [7, 11) is 0. The highest BCUT2D eigenvalue weighted by molar-refractivity contribution is 5.83. The fourth-order valence-corrected chi connectivity index (χ4v) is 0.799. The molecular formula is C9H13NO3. The third kappa shape index (κ3) is 4.86. The summed E-state index contributed by atoms with van der Waals surface area (Å²) in [5.74, 6) is 1.51. The zero-order valence-corrected chi connectivity index (χ0v) is 7.79. The van der Waals surface area contributed by atoms with Crippen LogP contribution in [0.15, 0.2) is 0 Å². The Morgan fingerprint density at radius 2 is 2.23 bits per heavy atom. The van der Waals surface area contributed by atoms with E-state index >= 15 is 0 Å². The van der Waals surface area contributed by atoms with Crippen LogP contribution in [0.25, 0.3) is 0 Å². The van der Waals surface area contributed by atoms with Gasteiger partial charge >= 0.3 is 5.97 Å². The Kier molecular flexibility index (Phi) is 5.37. The highest BCUT2D eigenvalue weighted by Gasteiger charge is 2.18. The molecule has 0 unspecified atom stereocenters. The molecule has 13 heavy (non-hydrogen) atoms. The van der Waals surface area contributed by atoms with E-state index in [0.29, 0.717) is 0 Å². The van der Waals surface area contributed by atoms with Crippen LogP contribution in [0.4, 0.5) is 0 Å². The van der Waals surface area contributed by atoms with Crippen molar-refractivity contribution < 1.29 is 14.3 Å². The molecule has 0 fully saturated rings. The van der Waals surface area contributed by atoms with Crippen LogP contribution in [0.5, 0.6) is 0 Å². The Bertz CT molecular complexity index is 230. The van der Waals surface area contributed by atoms with Gasteiger partial charge in [-0.05, 0) is 6.92 Å². The first-order chi connectivity index (χ1) is 6.11. The van der Waals surface area contributed by atoms with Gasteiger partial charge in [-0.1, -0.05) is 0 Å². The summed E-state index contributed by atoms with van der Waals surface area (Å²) in [6.45, 7) is 3.29. The summed E-state index contributed by atoms with van der Waals surface area (Å²) >= 11 is 0. The number of ether oxygens (including phenoxy) is 1. The lowest BCUT2D eigenvalue weighted by atomic mass is 10.2.